The number of carbonyl (C=O) groups excluding carboxylic acids is 3. The van der Waals surface area contributed by atoms with Gasteiger partial charge in [-0.25, -0.2) is 9.18 Å². The molecule has 28 heavy (non-hydrogen) atoms. The fraction of sp³-hybridized carbons (Fsp3) is 0.286. The molecule has 0 aliphatic carbocycles. The third-order valence-electron chi connectivity index (χ3n) is 4.81. The second-order valence-electron chi connectivity index (χ2n) is 7.04. The molecular formula is C21H22FN3O3. The van der Waals surface area contributed by atoms with E-state index >= 15 is 0 Å². The topological polar surface area (TPSA) is 78.5 Å². The van der Waals surface area contributed by atoms with Gasteiger partial charge in [0.05, 0.1) is 0 Å². The summed E-state index contributed by atoms with van der Waals surface area (Å²) in [6.45, 7) is 1.51. The van der Waals surface area contributed by atoms with Crippen LogP contribution in [0.3, 0.4) is 0 Å². The van der Waals surface area contributed by atoms with Gasteiger partial charge in [-0.1, -0.05) is 42.5 Å². The summed E-state index contributed by atoms with van der Waals surface area (Å²) in [4.78, 5) is 38.1. The first-order valence-corrected chi connectivity index (χ1v) is 9.06. The number of rotatable bonds is 7. The van der Waals surface area contributed by atoms with Crippen molar-refractivity contribution >= 4 is 17.8 Å². The molecule has 0 spiro atoms. The van der Waals surface area contributed by atoms with E-state index in [0.717, 1.165) is 16.0 Å². The Morgan fingerprint density at radius 1 is 1.07 bits per heavy atom. The molecule has 0 saturated carbocycles. The molecule has 0 bridgehead atoms. The first kappa shape index (κ1) is 19.5. The Kier molecular flexibility index (Phi) is 5.73. The molecule has 1 atom stereocenters. The molecule has 3 rings (SSSR count). The lowest BCUT2D eigenvalue weighted by atomic mass is 9.93. The minimum Gasteiger partial charge on any atom is -0.350 e. The molecule has 146 valence electrons. The normalized spacial score (nSPS) is 18.9. The Morgan fingerprint density at radius 3 is 2.43 bits per heavy atom. The summed E-state index contributed by atoms with van der Waals surface area (Å²) in [6, 6.07) is 14.8. The predicted octanol–water partition coefficient (Wildman–Crippen LogP) is 2.39. The molecule has 1 aliphatic rings. The number of hydrogen-bond acceptors (Lipinski definition) is 3. The van der Waals surface area contributed by atoms with Crippen LogP contribution < -0.4 is 10.6 Å². The van der Waals surface area contributed by atoms with E-state index in [9.17, 15) is 18.8 Å². The Bertz CT molecular complexity index is 870. The van der Waals surface area contributed by atoms with Crippen molar-refractivity contribution in [2.24, 2.45) is 0 Å². The van der Waals surface area contributed by atoms with Crippen LogP contribution in [0.15, 0.2) is 54.6 Å². The molecule has 1 aliphatic heterocycles. The van der Waals surface area contributed by atoms with Crippen LogP contribution in [0.1, 0.15) is 24.5 Å². The molecule has 6 nitrogen and oxygen atoms in total. The Morgan fingerprint density at radius 2 is 1.75 bits per heavy atom. The molecule has 2 aromatic rings. The van der Waals surface area contributed by atoms with Gasteiger partial charge >= 0.3 is 6.03 Å². The van der Waals surface area contributed by atoms with Gasteiger partial charge in [-0.05, 0) is 43.0 Å². The zero-order chi connectivity index (χ0) is 20.1. The molecule has 2 N–H and O–H groups in total. The van der Waals surface area contributed by atoms with Crippen LogP contribution in [0, 0.1) is 5.82 Å². The number of nitrogens with one attached hydrogen (secondary N) is 2. The highest BCUT2D eigenvalue weighted by Crippen LogP contribution is 2.23. The van der Waals surface area contributed by atoms with Gasteiger partial charge in [0.15, 0.2) is 0 Å². The summed E-state index contributed by atoms with van der Waals surface area (Å²) >= 11 is 0. The number of benzene rings is 2. The van der Waals surface area contributed by atoms with Crippen molar-refractivity contribution < 1.29 is 18.8 Å². The highest BCUT2D eigenvalue weighted by molar-refractivity contribution is 6.08. The lowest BCUT2D eigenvalue weighted by Gasteiger charge is -2.21. The Labute approximate surface area is 162 Å². The number of nitrogens with zero attached hydrogens (tertiary/aromatic N) is 1. The largest absolute Gasteiger partial charge is 0.350 e. The molecule has 1 fully saturated rings. The van der Waals surface area contributed by atoms with E-state index in [0.29, 0.717) is 12.8 Å². The van der Waals surface area contributed by atoms with Gasteiger partial charge in [0.1, 0.15) is 17.9 Å². The van der Waals surface area contributed by atoms with Crippen molar-refractivity contribution in [2.75, 3.05) is 6.54 Å². The quantitative estimate of drug-likeness (QED) is 0.721. The second-order valence-corrected chi connectivity index (χ2v) is 7.04. The third-order valence-corrected chi connectivity index (χ3v) is 4.81. The number of hydrogen-bond donors (Lipinski definition) is 2. The van der Waals surface area contributed by atoms with Crippen molar-refractivity contribution in [3.63, 3.8) is 0 Å². The van der Waals surface area contributed by atoms with E-state index in [1.54, 1.807) is 19.1 Å². The van der Waals surface area contributed by atoms with Gasteiger partial charge in [-0.15, -0.1) is 0 Å². The summed E-state index contributed by atoms with van der Waals surface area (Å²) in [5, 5.41) is 5.34. The Balaban J connectivity index is 1.55. The fourth-order valence-corrected chi connectivity index (χ4v) is 3.10. The van der Waals surface area contributed by atoms with E-state index in [2.05, 4.69) is 10.6 Å². The van der Waals surface area contributed by atoms with E-state index in [1.807, 2.05) is 30.3 Å². The van der Waals surface area contributed by atoms with Gasteiger partial charge in [-0.2, -0.15) is 0 Å². The SMILES string of the molecule is C[C@@]1(CCc2ccccc2)NC(=O)N(CC(=O)NCc2ccc(F)cc2)C1=O. The summed E-state index contributed by atoms with van der Waals surface area (Å²) in [6.07, 6.45) is 1.07. The van der Waals surface area contributed by atoms with Crippen LogP contribution >= 0.6 is 0 Å². The van der Waals surface area contributed by atoms with Gasteiger partial charge in [0.25, 0.3) is 5.91 Å². The molecule has 0 unspecified atom stereocenters. The Hall–Kier alpha value is -3.22. The lowest BCUT2D eigenvalue weighted by molar-refractivity contribution is -0.134. The average molecular weight is 383 g/mol. The van der Waals surface area contributed by atoms with Gasteiger partial charge in [0, 0.05) is 6.54 Å². The molecule has 0 aromatic heterocycles. The molecule has 7 heteroatoms. The number of urea groups is 1. The maximum absolute atomic E-state index is 12.9. The highest BCUT2D eigenvalue weighted by atomic mass is 19.1. The van der Waals surface area contributed by atoms with E-state index in [4.69, 9.17) is 0 Å². The molecule has 4 amide bonds. The van der Waals surface area contributed by atoms with Crippen LogP contribution in [0.2, 0.25) is 0 Å². The van der Waals surface area contributed by atoms with Crippen LogP contribution in [-0.4, -0.2) is 34.8 Å². The molecule has 1 saturated heterocycles. The maximum Gasteiger partial charge on any atom is 0.325 e. The summed E-state index contributed by atoms with van der Waals surface area (Å²) < 4.78 is 12.9. The van der Waals surface area contributed by atoms with Crippen molar-refractivity contribution in [3.8, 4) is 0 Å². The molecule has 1 heterocycles. The zero-order valence-electron chi connectivity index (χ0n) is 15.6. The number of aryl methyl sites for hydroxylation is 1. The van der Waals surface area contributed by atoms with Crippen molar-refractivity contribution in [2.45, 2.75) is 31.8 Å². The maximum atomic E-state index is 12.9. The van der Waals surface area contributed by atoms with Crippen molar-refractivity contribution in [3.05, 3.63) is 71.5 Å². The van der Waals surface area contributed by atoms with Crippen molar-refractivity contribution in [1.29, 1.82) is 0 Å². The van der Waals surface area contributed by atoms with E-state index in [1.165, 1.54) is 12.1 Å². The average Bonchev–Trinajstić information content (AvgIpc) is 2.90. The van der Waals surface area contributed by atoms with Crippen LogP contribution in [0.4, 0.5) is 9.18 Å². The predicted molar refractivity (Wildman–Crippen MR) is 102 cm³/mol. The smallest absolute Gasteiger partial charge is 0.325 e. The van der Waals surface area contributed by atoms with Crippen LogP contribution in [0.5, 0.6) is 0 Å². The third kappa shape index (κ3) is 4.54. The van der Waals surface area contributed by atoms with Gasteiger partial charge < -0.3 is 10.6 Å². The number of halogens is 1. The highest BCUT2D eigenvalue weighted by Gasteiger charge is 2.47. The van der Waals surface area contributed by atoms with Crippen molar-refractivity contribution in [1.82, 2.24) is 15.5 Å². The first-order valence-electron chi connectivity index (χ1n) is 9.06. The van der Waals surface area contributed by atoms with E-state index < -0.39 is 23.4 Å². The van der Waals surface area contributed by atoms with Crippen LogP contribution in [-0.2, 0) is 22.6 Å². The van der Waals surface area contributed by atoms with Gasteiger partial charge in [-0.3, -0.25) is 14.5 Å². The molecule has 2 aromatic carbocycles. The molecule has 0 radical (unpaired) electrons. The zero-order valence-corrected chi connectivity index (χ0v) is 15.6. The first-order chi connectivity index (χ1) is 13.4. The minimum atomic E-state index is -1.04. The number of amides is 4. The lowest BCUT2D eigenvalue weighted by Crippen LogP contribution is -2.45. The van der Waals surface area contributed by atoms with E-state index in [-0.39, 0.29) is 18.9 Å². The monoisotopic (exact) mass is 383 g/mol. The van der Waals surface area contributed by atoms with Gasteiger partial charge in [0.2, 0.25) is 5.91 Å². The summed E-state index contributed by atoms with van der Waals surface area (Å²) in [5.74, 6) is -1.23. The number of carbonyl (C=O) groups is 3. The second kappa shape index (κ2) is 8.21. The minimum absolute atomic E-state index is 0.189. The summed E-state index contributed by atoms with van der Waals surface area (Å²) in [7, 11) is 0. The number of imide groups is 1. The summed E-state index contributed by atoms with van der Waals surface area (Å²) in [5.41, 5.74) is 0.755. The molecular weight excluding hydrogens is 361 g/mol. The van der Waals surface area contributed by atoms with Crippen LogP contribution in [0.25, 0.3) is 0 Å². The fourth-order valence-electron chi connectivity index (χ4n) is 3.10. The standard InChI is InChI=1S/C21H22FN3O3/c1-21(12-11-15-5-3-2-4-6-15)19(27)25(20(28)24-21)14-18(26)23-13-16-7-9-17(22)10-8-16/h2-10H,11-14H2,1H3,(H,23,26)(H,24,28)/t21-/m0/s1.